The van der Waals surface area contributed by atoms with Gasteiger partial charge >= 0.3 is 5.97 Å². The van der Waals surface area contributed by atoms with Gasteiger partial charge in [-0.15, -0.1) is 6.58 Å². The van der Waals surface area contributed by atoms with Crippen LogP contribution < -0.4 is 10.1 Å². The molecule has 0 aliphatic carbocycles. The smallest absolute Gasteiger partial charge is 0.347 e. The molecule has 0 aliphatic rings. The van der Waals surface area contributed by atoms with Crippen molar-refractivity contribution in [3.8, 4) is 17.0 Å². The highest BCUT2D eigenvalue weighted by Crippen LogP contribution is 2.32. The van der Waals surface area contributed by atoms with Crippen LogP contribution >= 0.6 is 0 Å². The number of nitrogens with zero attached hydrogens (tertiary/aromatic N) is 2. The highest BCUT2D eigenvalue weighted by molar-refractivity contribution is 6.04. The number of carbonyl (C=O) groups is 2. The standard InChI is InChI=1S/C29H35N3O4/c1-9-10-21-18(2)22(15-16-25(21)36-29(6,7)27(34)35)30-26(33)24-17-23(31-32(24)8)19-11-13-20(14-12-19)28(3,4)5/h9,11-17H,1,10H2,2-8H3,(H,30,33)(H,34,35). The average molecular weight is 490 g/mol. The van der Waals surface area contributed by atoms with Crippen LogP contribution in [0, 0.1) is 6.92 Å². The zero-order valence-corrected chi connectivity index (χ0v) is 22.1. The Morgan fingerprint density at radius 3 is 2.31 bits per heavy atom. The summed E-state index contributed by atoms with van der Waals surface area (Å²) in [5, 5.41) is 17.0. The van der Waals surface area contributed by atoms with Gasteiger partial charge in [0.15, 0.2) is 5.60 Å². The summed E-state index contributed by atoms with van der Waals surface area (Å²) < 4.78 is 7.36. The number of hydrogen-bond acceptors (Lipinski definition) is 4. The van der Waals surface area contributed by atoms with Crippen LogP contribution in [0.5, 0.6) is 5.75 Å². The van der Waals surface area contributed by atoms with Crippen LogP contribution in [-0.2, 0) is 23.7 Å². The van der Waals surface area contributed by atoms with Crippen molar-refractivity contribution in [2.45, 2.75) is 59.0 Å². The number of aryl methyl sites for hydroxylation is 1. The van der Waals surface area contributed by atoms with Crippen molar-refractivity contribution >= 4 is 17.6 Å². The van der Waals surface area contributed by atoms with Crippen molar-refractivity contribution in [3.05, 3.63) is 77.5 Å². The maximum atomic E-state index is 13.2. The summed E-state index contributed by atoms with van der Waals surface area (Å²) in [6, 6.07) is 13.4. The molecule has 7 nitrogen and oxygen atoms in total. The van der Waals surface area contributed by atoms with Crippen LogP contribution in [0.4, 0.5) is 5.69 Å². The fourth-order valence-electron chi connectivity index (χ4n) is 3.83. The Morgan fingerprint density at radius 2 is 1.75 bits per heavy atom. The minimum absolute atomic E-state index is 0.0555. The van der Waals surface area contributed by atoms with Crippen LogP contribution in [0.3, 0.4) is 0 Å². The topological polar surface area (TPSA) is 93.4 Å². The average Bonchev–Trinajstić information content (AvgIpc) is 3.19. The van der Waals surface area contributed by atoms with Gasteiger partial charge in [0.1, 0.15) is 11.4 Å². The second kappa shape index (κ2) is 10.0. The van der Waals surface area contributed by atoms with Crippen LogP contribution in [0.1, 0.15) is 61.8 Å². The molecule has 2 N–H and O–H groups in total. The largest absolute Gasteiger partial charge is 0.478 e. The number of ether oxygens (including phenoxy) is 1. The van der Waals surface area contributed by atoms with Gasteiger partial charge in [0.05, 0.1) is 5.69 Å². The molecule has 1 heterocycles. The summed E-state index contributed by atoms with van der Waals surface area (Å²) in [6.07, 6.45) is 2.17. The van der Waals surface area contributed by atoms with Crippen molar-refractivity contribution in [1.29, 1.82) is 0 Å². The summed E-state index contributed by atoms with van der Waals surface area (Å²) >= 11 is 0. The second-order valence-electron chi connectivity index (χ2n) is 10.4. The number of carboxylic acids is 1. The minimum atomic E-state index is -1.40. The predicted molar refractivity (Wildman–Crippen MR) is 143 cm³/mol. The molecule has 0 fully saturated rings. The molecule has 2 aromatic carbocycles. The number of hydrogen-bond donors (Lipinski definition) is 2. The fourth-order valence-corrected chi connectivity index (χ4v) is 3.83. The number of benzene rings is 2. The molecule has 0 unspecified atom stereocenters. The van der Waals surface area contributed by atoms with Gasteiger partial charge in [0, 0.05) is 23.9 Å². The molecular weight excluding hydrogens is 454 g/mol. The molecule has 1 amide bonds. The lowest BCUT2D eigenvalue weighted by Gasteiger charge is -2.25. The number of nitrogens with one attached hydrogen (secondary N) is 1. The fraction of sp³-hybridized carbons (Fsp3) is 0.345. The van der Waals surface area contributed by atoms with E-state index in [0.717, 1.165) is 16.7 Å². The minimum Gasteiger partial charge on any atom is -0.478 e. The Kier molecular flexibility index (Phi) is 7.43. The highest BCUT2D eigenvalue weighted by atomic mass is 16.5. The van der Waals surface area contributed by atoms with E-state index >= 15 is 0 Å². The molecule has 7 heteroatoms. The Hall–Kier alpha value is -3.87. The Morgan fingerprint density at radius 1 is 1.11 bits per heavy atom. The van der Waals surface area contributed by atoms with Gasteiger partial charge < -0.3 is 15.2 Å². The van der Waals surface area contributed by atoms with Gasteiger partial charge in [-0.25, -0.2) is 4.79 Å². The first-order valence-electron chi connectivity index (χ1n) is 11.9. The molecule has 3 rings (SSSR count). The third kappa shape index (κ3) is 5.67. The first-order chi connectivity index (χ1) is 16.7. The highest BCUT2D eigenvalue weighted by Gasteiger charge is 2.30. The van der Waals surface area contributed by atoms with Crippen LogP contribution in [0.25, 0.3) is 11.3 Å². The zero-order valence-electron chi connectivity index (χ0n) is 22.1. The van der Waals surface area contributed by atoms with E-state index in [2.05, 4.69) is 49.9 Å². The van der Waals surface area contributed by atoms with E-state index in [1.54, 1.807) is 36.0 Å². The lowest BCUT2D eigenvalue weighted by atomic mass is 9.86. The maximum Gasteiger partial charge on any atom is 0.347 e. The molecule has 3 aromatic rings. The number of allylic oxidation sites excluding steroid dienone is 1. The van der Waals surface area contributed by atoms with E-state index in [9.17, 15) is 14.7 Å². The van der Waals surface area contributed by atoms with Crippen molar-refractivity contribution in [3.63, 3.8) is 0 Å². The summed E-state index contributed by atoms with van der Waals surface area (Å²) in [5.74, 6) is -0.920. The third-order valence-corrected chi connectivity index (χ3v) is 6.19. The third-order valence-electron chi connectivity index (χ3n) is 6.19. The number of amides is 1. The summed E-state index contributed by atoms with van der Waals surface area (Å²) in [5.41, 5.74) is 4.10. The number of anilines is 1. The molecule has 0 spiro atoms. The van der Waals surface area contributed by atoms with Crippen LogP contribution in [-0.4, -0.2) is 32.4 Å². The number of carboxylic acid groups (broad SMARTS) is 1. The molecule has 0 aliphatic heterocycles. The summed E-state index contributed by atoms with van der Waals surface area (Å²) in [7, 11) is 1.74. The van der Waals surface area contributed by atoms with Gasteiger partial charge in [-0.1, -0.05) is 51.1 Å². The van der Waals surface area contributed by atoms with E-state index in [1.165, 1.54) is 19.4 Å². The molecule has 190 valence electrons. The first-order valence-corrected chi connectivity index (χ1v) is 11.9. The molecule has 36 heavy (non-hydrogen) atoms. The van der Waals surface area contributed by atoms with Gasteiger partial charge in [0.2, 0.25) is 0 Å². The van der Waals surface area contributed by atoms with E-state index < -0.39 is 11.6 Å². The molecular formula is C29H35N3O4. The van der Waals surface area contributed by atoms with E-state index in [4.69, 9.17) is 4.74 Å². The van der Waals surface area contributed by atoms with Crippen molar-refractivity contribution in [1.82, 2.24) is 9.78 Å². The van der Waals surface area contributed by atoms with Gasteiger partial charge in [-0.05, 0) is 61.9 Å². The summed E-state index contributed by atoms with van der Waals surface area (Å²) in [6.45, 7) is 15.1. The summed E-state index contributed by atoms with van der Waals surface area (Å²) in [4.78, 5) is 24.7. The number of aliphatic carboxylic acids is 1. The quantitative estimate of drug-likeness (QED) is 0.383. The predicted octanol–water partition coefficient (Wildman–Crippen LogP) is 5.92. The van der Waals surface area contributed by atoms with Gasteiger partial charge in [-0.3, -0.25) is 9.48 Å². The lowest BCUT2D eigenvalue weighted by Crippen LogP contribution is -2.38. The van der Waals surface area contributed by atoms with Gasteiger partial charge in [-0.2, -0.15) is 5.10 Å². The molecule has 0 saturated carbocycles. The monoisotopic (exact) mass is 489 g/mol. The van der Waals surface area contributed by atoms with Crippen LogP contribution in [0.2, 0.25) is 0 Å². The SMILES string of the molecule is C=CCc1c(OC(C)(C)C(=O)O)ccc(NC(=O)c2cc(-c3ccc(C(C)(C)C)cc3)nn2C)c1C. The van der Waals surface area contributed by atoms with Gasteiger partial charge in [0.25, 0.3) is 5.91 Å². The lowest BCUT2D eigenvalue weighted by molar-refractivity contribution is -0.152. The maximum absolute atomic E-state index is 13.2. The number of rotatable bonds is 8. The first kappa shape index (κ1) is 26.7. The number of carbonyl (C=O) groups excluding carboxylic acids is 1. The Labute approximate surface area is 212 Å². The van der Waals surface area contributed by atoms with Crippen molar-refractivity contribution < 1.29 is 19.4 Å². The molecule has 1 aromatic heterocycles. The van der Waals surface area contributed by atoms with E-state index in [-0.39, 0.29) is 11.3 Å². The molecule has 0 saturated heterocycles. The normalized spacial score (nSPS) is 11.8. The molecule has 0 bridgehead atoms. The molecule has 0 atom stereocenters. The van der Waals surface area contributed by atoms with E-state index in [1.807, 2.05) is 19.1 Å². The number of aromatic nitrogens is 2. The van der Waals surface area contributed by atoms with Crippen molar-refractivity contribution in [2.24, 2.45) is 7.05 Å². The second-order valence-corrected chi connectivity index (χ2v) is 10.4. The molecule has 0 radical (unpaired) electrons. The zero-order chi connectivity index (χ0) is 26.8. The Balaban J connectivity index is 1.88. The van der Waals surface area contributed by atoms with E-state index in [0.29, 0.717) is 29.2 Å². The van der Waals surface area contributed by atoms with Crippen LogP contribution in [0.15, 0.2) is 55.1 Å². The Bertz CT molecular complexity index is 1300. The van der Waals surface area contributed by atoms with Crippen molar-refractivity contribution in [2.75, 3.05) is 5.32 Å².